The van der Waals surface area contributed by atoms with E-state index in [4.69, 9.17) is 9.47 Å². The largest absolute Gasteiger partial charge is 0.466 e. The number of amides is 2. The van der Waals surface area contributed by atoms with E-state index in [9.17, 15) is 14.4 Å². The summed E-state index contributed by atoms with van der Waals surface area (Å²) in [5.41, 5.74) is 0.605. The van der Waals surface area contributed by atoms with Crippen LogP contribution in [0.5, 0.6) is 0 Å². The van der Waals surface area contributed by atoms with Gasteiger partial charge in [-0.25, -0.2) is 4.98 Å². The van der Waals surface area contributed by atoms with Crippen LogP contribution in [0.4, 0.5) is 11.5 Å². The molecule has 148 valence electrons. The van der Waals surface area contributed by atoms with Crippen molar-refractivity contribution < 1.29 is 23.9 Å². The highest BCUT2D eigenvalue weighted by atomic mass is 16.5. The number of piperazine rings is 1. The number of carbonyl (C=O) groups is 3. The summed E-state index contributed by atoms with van der Waals surface area (Å²) < 4.78 is 9.61. The Morgan fingerprint density at radius 3 is 2.48 bits per heavy atom. The molecule has 1 aromatic rings. The van der Waals surface area contributed by atoms with Gasteiger partial charge < -0.3 is 24.6 Å². The minimum absolute atomic E-state index is 0.00605. The van der Waals surface area contributed by atoms with Crippen molar-refractivity contribution in [2.24, 2.45) is 0 Å². The summed E-state index contributed by atoms with van der Waals surface area (Å²) in [6.45, 7) is 4.54. The van der Waals surface area contributed by atoms with Crippen LogP contribution in [0.1, 0.15) is 19.8 Å². The number of pyridine rings is 1. The monoisotopic (exact) mass is 378 g/mol. The van der Waals surface area contributed by atoms with Crippen molar-refractivity contribution in [2.45, 2.75) is 19.8 Å². The molecule has 0 aromatic carbocycles. The Labute approximate surface area is 158 Å². The van der Waals surface area contributed by atoms with E-state index in [2.05, 4.69) is 15.2 Å². The van der Waals surface area contributed by atoms with Gasteiger partial charge in [0.2, 0.25) is 11.8 Å². The van der Waals surface area contributed by atoms with Crippen LogP contribution in [-0.4, -0.2) is 74.2 Å². The van der Waals surface area contributed by atoms with E-state index in [1.54, 1.807) is 24.1 Å². The number of methoxy groups -OCH3 is 1. The third kappa shape index (κ3) is 6.52. The predicted octanol–water partition coefficient (Wildman–Crippen LogP) is 0.658. The Kier molecular flexibility index (Phi) is 8.00. The zero-order chi connectivity index (χ0) is 19.6. The van der Waals surface area contributed by atoms with Crippen LogP contribution in [0.2, 0.25) is 0 Å². The van der Waals surface area contributed by atoms with Crippen LogP contribution >= 0.6 is 0 Å². The molecule has 1 saturated heterocycles. The van der Waals surface area contributed by atoms with Crippen LogP contribution in [0, 0.1) is 0 Å². The average molecular weight is 378 g/mol. The first-order chi connectivity index (χ1) is 13.0. The third-order valence-corrected chi connectivity index (χ3v) is 4.11. The lowest BCUT2D eigenvalue weighted by molar-refractivity contribution is -0.145. The number of aromatic nitrogens is 1. The molecule has 2 rings (SSSR count). The molecule has 0 aliphatic carbocycles. The van der Waals surface area contributed by atoms with E-state index < -0.39 is 0 Å². The summed E-state index contributed by atoms with van der Waals surface area (Å²) in [6.07, 6.45) is 1.89. The molecule has 27 heavy (non-hydrogen) atoms. The number of rotatable bonds is 8. The molecule has 1 fully saturated rings. The number of hydrogen-bond donors (Lipinski definition) is 1. The molecule has 2 amide bonds. The van der Waals surface area contributed by atoms with E-state index >= 15 is 0 Å². The first-order valence-electron chi connectivity index (χ1n) is 8.96. The Morgan fingerprint density at radius 1 is 1.15 bits per heavy atom. The van der Waals surface area contributed by atoms with Crippen molar-refractivity contribution in [3.05, 3.63) is 18.3 Å². The summed E-state index contributed by atoms with van der Waals surface area (Å²) >= 11 is 0. The Morgan fingerprint density at radius 2 is 1.89 bits per heavy atom. The van der Waals surface area contributed by atoms with Crippen LogP contribution in [-0.2, 0) is 23.9 Å². The number of hydrogen-bond acceptors (Lipinski definition) is 7. The lowest BCUT2D eigenvalue weighted by Gasteiger charge is -2.35. The number of nitrogens with zero attached hydrogens (tertiary/aromatic N) is 3. The van der Waals surface area contributed by atoms with Gasteiger partial charge in [0, 0.05) is 39.7 Å². The van der Waals surface area contributed by atoms with Crippen molar-refractivity contribution >= 4 is 29.3 Å². The van der Waals surface area contributed by atoms with Crippen molar-refractivity contribution in [3.63, 3.8) is 0 Å². The topological polar surface area (TPSA) is 101 Å². The highest BCUT2D eigenvalue weighted by Gasteiger charge is 2.22. The summed E-state index contributed by atoms with van der Waals surface area (Å²) in [7, 11) is 1.46. The molecule has 1 aliphatic rings. The normalized spacial score (nSPS) is 14.0. The van der Waals surface area contributed by atoms with Crippen molar-refractivity contribution in [1.29, 1.82) is 0 Å². The Balaban J connectivity index is 1.78. The van der Waals surface area contributed by atoms with Crippen LogP contribution in [0.25, 0.3) is 0 Å². The van der Waals surface area contributed by atoms with Crippen LogP contribution in [0.3, 0.4) is 0 Å². The smallest absolute Gasteiger partial charge is 0.306 e. The Bertz CT molecular complexity index is 642. The maximum absolute atomic E-state index is 12.2. The fourth-order valence-electron chi connectivity index (χ4n) is 2.76. The van der Waals surface area contributed by atoms with Crippen LogP contribution < -0.4 is 10.2 Å². The molecule has 9 nitrogen and oxygen atoms in total. The van der Waals surface area contributed by atoms with Gasteiger partial charge in [0.15, 0.2) is 0 Å². The number of nitrogens with one attached hydrogen (secondary N) is 1. The second kappa shape index (κ2) is 10.5. The number of esters is 1. The molecular weight excluding hydrogens is 352 g/mol. The molecule has 1 aromatic heterocycles. The van der Waals surface area contributed by atoms with Gasteiger partial charge in [0.05, 0.1) is 24.9 Å². The second-order valence-electron chi connectivity index (χ2n) is 6.06. The minimum atomic E-state index is -0.341. The molecule has 2 heterocycles. The fourth-order valence-corrected chi connectivity index (χ4v) is 2.76. The van der Waals surface area contributed by atoms with E-state index in [0.717, 1.165) is 5.82 Å². The van der Waals surface area contributed by atoms with E-state index in [-0.39, 0.29) is 37.2 Å². The number of ether oxygens (including phenoxy) is 2. The molecular formula is C18H26N4O5. The second-order valence-corrected chi connectivity index (χ2v) is 6.06. The minimum Gasteiger partial charge on any atom is -0.466 e. The van der Waals surface area contributed by atoms with E-state index in [1.807, 2.05) is 6.07 Å². The van der Waals surface area contributed by atoms with Crippen molar-refractivity contribution in [1.82, 2.24) is 9.88 Å². The fraction of sp³-hybridized carbons (Fsp3) is 0.556. The van der Waals surface area contributed by atoms with Crippen LogP contribution in [0.15, 0.2) is 18.3 Å². The summed E-state index contributed by atoms with van der Waals surface area (Å²) in [5, 5.41) is 2.69. The van der Waals surface area contributed by atoms with Gasteiger partial charge in [-0.3, -0.25) is 14.4 Å². The molecule has 0 saturated carbocycles. The summed E-state index contributed by atoms with van der Waals surface area (Å²) in [6, 6.07) is 3.62. The first-order valence-corrected chi connectivity index (χ1v) is 8.96. The molecule has 1 aliphatic heterocycles. The molecule has 0 spiro atoms. The van der Waals surface area contributed by atoms with Crippen molar-refractivity contribution in [2.75, 3.05) is 56.7 Å². The molecule has 0 bridgehead atoms. The van der Waals surface area contributed by atoms with E-state index in [0.29, 0.717) is 38.5 Å². The quantitative estimate of drug-likeness (QED) is 0.663. The third-order valence-electron chi connectivity index (χ3n) is 4.11. The molecule has 0 atom stereocenters. The molecule has 0 radical (unpaired) electrons. The zero-order valence-electron chi connectivity index (χ0n) is 15.8. The SMILES string of the molecule is CCOC(=O)CCC(=O)N1CCN(c2ccc(NC(=O)COC)cn2)CC1. The standard InChI is InChI=1S/C18H26N4O5/c1-3-27-18(25)7-6-17(24)22-10-8-21(9-11-22)15-5-4-14(12-19-15)20-16(23)13-26-2/h4-5,12H,3,6-11,13H2,1-2H3,(H,20,23). The van der Waals surface area contributed by atoms with Gasteiger partial charge in [0.25, 0.3) is 0 Å². The maximum atomic E-state index is 12.2. The summed E-state index contributed by atoms with van der Waals surface area (Å²) in [5.74, 6) is 0.179. The zero-order valence-corrected chi connectivity index (χ0v) is 15.8. The lowest BCUT2D eigenvalue weighted by Crippen LogP contribution is -2.49. The highest BCUT2D eigenvalue weighted by molar-refractivity contribution is 5.91. The van der Waals surface area contributed by atoms with Gasteiger partial charge in [-0.1, -0.05) is 0 Å². The summed E-state index contributed by atoms with van der Waals surface area (Å²) in [4.78, 5) is 43.2. The molecule has 1 N–H and O–H groups in total. The van der Waals surface area contributed by atoms with E-state index in [1.165, 1.54) is 7.11 Å². The maximum Gasteiger partial charge on any atom is 0.306 e. The highest BCUT2D eigenvalue weighted by Crippen LogP contribution is 2.16. The lowest BCUT2D eigenvalue weighted by atomic mass is 10.2. The van der Waals surface area contributed by atoms with Gasteiger partial charge in [-0.2, -0.15) is 0 Å². The molecule has 0 unspecified atom stereocenters. The molecule has 9 heteroatoms. The van der Waals surface area contributed by atoms with Gasteiger partial charge in [-0.15, -0.1) is 0 Å². The van der Waals surface area contributed by atoms with Gasteiger partial charge >= 0.3 is 5.97 Å². The number of anilines is 2. The predicted molar refractivity (Wildman–Crippen MR) is 99.4 cm³/mol. The first kappa shape index (κ1) is 20.6. The van der Waals surface area contributed by atoms with Gasteiger partial charge in [-0.05, 0) is 19.1 Å². The number of carbonyl (C=O) groups excluding carboxylic acids is 3. The van der Waals surface area contributed by atoms with Gasteiger partial charge in [0.1, 0.15) is 12.4 Å². The van der Waals surface area contributed by atoms with Crippen molar-refractivity contribution in [3.8, 4) is 0 Å². The Hall–Kier alpha value is -2.68. The average Bonchev–Trinajstić information content (AvgIpc) is 2.67.